The number of anilines is 1. The van der Waals surface area contributed by atoms with Crippen molar-refractivity contribution >= 4 is 40.1 Å². The van der Waals surface area contributed by atoms with E-state index in [-0.39, 0.29) is 12.1 Å². The molecule has 0 N–H and O–H groups in total. The lowest BCUT2D eigenvalue weighted by molar-refractivity contribution is -0.117. The Labute approximate surface area is 188 Å². The number of hydrogen-bond donors (Lipinski definition) is 0. The molecular formula is C24H28ClN3OS. The molecule has 2 aromatic rings. The maximum atomic E-state index is 12.7. The summed E-state index contributed by atoms with van der Waals surface area (Å²) in [5, 5.41) is 1.74. The second kappa shape index (κ2) is 9.88. The third kappa shape index (κ3) is 5.01. The van der Waals surface area contributed by atoms with Crippen molar-refractivity contribution in [3.63, 3.8) is 0 Å². The molecule has 0 spiro atoms. The van der Waals surface area contributed by atoms with E-state index in [4.69, 9.17) is 16.6 Å². The van der Waals surface area contributed by atoms with E-state index in [1.165, 1.54) is 37.7 Å². The predicted octanol–water partition coefficient (Wildman–Crippen LogP) is 5.96. The second-order valence-electron chi connectivity index (χ2n) is 7.97. The van der Waals surface area contributed by atoms with Gasteiger partial charge in [0.25, 0.3) is 0 Å². The SMILES string of the molecule is CC(=O)N(c1ccc(Cl)cc1)C1CSC(=NC2CCCCC2)N1Cc1ccccc1. The average Bonchev–Trinajstić information content (AvgIpc) is 3.12. The summed E-state index contributed by atoms with van der Waals surface area (Å²) in [6.45, 7) is 2.37. The fraction of sp³-hybridized carbons (Fsp3) is 0.417. The van der Waals surface area contributed by atoms with Gasteiger partial charge in [-0.3, -0.25) is 14.7 Å². The molecule has 1 atom stereocenters. The number of halogens is 1. The van der Waals surface area contributed by atoms with Gasteiger partial charge in [0.2, 0.25) is 5.91 Å². The Kier molecular flexibility index (Phi) is 7.00. The van der Waals surface area contributed by atoms with Gasteiger partial charge in [-0.2, -0.15) is 0 Å². The molecule has 6 heteroatoms. The fourth-order valence-electron chi connectivity index (χ4n) is 4.26. The third-order valence-corrected chi connectivity index (χ3v) is 7.09. The molecule has 1 heterocycles. The number of amides is 1. The van der Waals surface area contributed by atoms with E-state index < -0.39 is 0 Å². The molecular weight excluding hydrogens is 414 g/mol. The Morgan fingerprint density at radius 2 is 1.80 bits per heavy atom. The molecule has 1 saturated carbocycles. The summed E-state index contributed by atoms with van der Waals surface area (Å²) in [5.74, 6) is 0.834. The van der Waals surface area contributed by atoms with Crippen LogP contribution < -0.4 is 4.90 Å². The Balaban J connectivity index is 1.66. The highest BCUT2D eigenvalue weighted by molar-refractivity contribution is 8.14. The Morgan fingerprint density at radius 3 is 2.47 bits per heavy atom. The van der Waals surface area contributed by atoms with Gasteiger partial charge < -0.3 is 4.90 Å². The molecule has 1 unspecified atom stereocenters. The molecule has 1 amide bonds. The Morgan fingerprint density at radius 1 is 1.10 bits per heavy atom. The first-order chi connectivity index (χ1) is 14.6. The van der Waals surface area contributed by atoms with Gasteiger partial charge in [-0.1, -0.05) is 73.0 Å². The van der Waals surface area contributed by atoms with Crippen LogP contribution in [0.25, 0.3) is 0 Å². The normalized spacial score (nSPS) is 21.2. The Bertz CT molecular complexity index is 881. The van der Waals surface area contributed by atoms with Crippen molar-refractivity contribution in [3.05, 3.63) is 65.2 Å². The molecule has 2 fully saturated rings. The van der Waals surface area contributed by atoms with Gasteiger partial charge in [-0.25, -0.2) is 0 Å². The zero-order valence-electron chi connectivity index (χ0n) is 17.3. The maximum Gasteiger partial charge on any atom is 0.225 e. The maximum absolute atomic E-state index is 12.7. The highest BCUT2D eigenvalue weighted by atomic mass is 35.5. The van der Waals surface area contributed by atoms with E-state index in [9.17, 15) is 4.79 Å². The third-order valence-electron chi connectivity index (χ3n) is 5.77. The van der Waals surface area contributed by atoms with E-state index in [1.807, 2.05) is 35.2 Å². The molecule has 1 aliphatic carbocycles. The monoisotopic (exact) mass is 441 g/mol. The number of benzene rings is 2. The van der Waals surface area contributed by atoms with Gasteiger partial charge >= 0.3 is 0 Å². The standard InChI is InChI=1S/C24H28ClN3OS/c1-18(29)28(22-14-12-20(25)13-15-22)23-17-30-24(26-21-10-6-3-7-11-21)27(23)16-19-8-4-2-5-9-19/h2,4-5,8-9,12-15,21,23H,3,6-7,10-11,16-17H2,1H3. The zero-order chi connectivity index (χ0) is 20.9. The van der Waals surface area contributed by atoms with E-state index >= 15 is 0 Å². The lowest BCUT2D eigenvalue weighted by Crippen LogP contribution is -2.49. The van der Waals surface area contributed by atoms with Crippen LogP contribution >= 0.6 is 23.4 Å². The summed E-state index contributed by atoms with van der Waals surface area (Å²) in [7, 11) is 0. The molecule has 4 rings (SSSR count). The van der Waals surface area contributed by atoms with Crippen LogP contribution in [0, 0.1) is 0 Å². The van der Waals surface area contributed by atoms with Gasteiger partial charge in [0.1, 0.15) is 6.17 Å². The Hall–Kier alpha value is -1.98. The molecule has 1 aliphatic heterocycles. The molecule has 1 saturated heterocycles. The topological polar surface area (TPSA) is 35.9 Å². The van der Waals surface area contributed by atoms with Crippen molar-refractivity contribution in [2.45, 2.75) is 57.8 Å². The molecule has 0 aromatic heterocycles. The lowest BCUT2D eigenvalue weighted by atomic mass is 9.96. The minimum absolute atomic E-state index is 0.0277. The summed E-state index contributed by atoms with van der Waals surface area (Å²) in [5.41, 5.74) is 2.09. The van der Waals surface area contributed by atoms with Crippen LogP contribution in [0.1, 0.15) is 44.6 Å². The number of amidine groups is 1. The molecule has 0 bridgehead atoms. The second-order valence-corrected chi connectivity index (χ2v) is 9.40. The van der Waals surface area contributed by atoms with Crippen LogP contribution in [0.3, 0.4) is 0 Å². The van der Waals surface area contributed by atoms with E-state index in [1.54, 1.807) is 18.7 Å². The summed E-state index contributed by atoms with van der Waals surface area (Å²) < 4.78 is 0. The highest BCUT2D eigenvalue weighted by Gasteiger charge is 2.37. The number of nitrogens with zero attached hydrogens (tertiary/aromatic N) is 3. The summed E-state index contributed by atoms with van der Waals surface area (Å²) in [6.07, 6.45) is 6.11. The van der Waals surface area contributed by atoms with Crippen molar-refractivity contribution in [3.8, 4) is 0 Å². The molecule has 30 heavy (non-hydrogen) atoms. The van der Waals surface area contributed by atoms with Crippen LogP contribution in [0.4, 0.5) is 5.69 Å². The molecule has 2 aromatic carbocycles. The van der Waals surface area contributed by atoms with Gasteiger partial charge in [-0.05, 0) is 42.7 Å². The van der Waals surface area contributed by atoms with Crippen molar-refractivity contribution in [2.75, 3.05) is 10.7 Å². The van der Waals surface area contributed by atoms with Gasteiger partial charge in [0.15, 0.2) is 5.17 Å². The molecule has 2 aliphatic rings. The molecule has 4 nitrogen and oxygen atoms in total. The largest absolute Gasteiger partial charge is 0.325 e. The first-order valence-corrected chi connectivity index (χ1v) is 12.0. The summed E-state index contributed by atoms with van der Waals surface area (Å²) >= 11 is 7.86. The van der Waals surface area contributed by atoms with Crippen LogP contribution in [0.2, 0.25) is 5.02 Å². The molecule has 0 radical (unpaired) electrons. The predicted molar refractivity (Wildman–Crippen MR) is 127 cm³/mol. The van der Waals surface area contributed by atoms with Gasteiger partial charge in [-0.15, -0.1) is 0 Å². The minimum Gasteiger partial charge on any atom is -0.325 e. The molecule has 158 valence electrons. The number of carbonyl (C=O) groups excluding carboxylic acids is 1. The van der Waals surface area contributed by atoms with Crippen molar-refractivity contribution in [2.24, 2.45) is 4.99 Å². The number of rotatable bonds is 5. The number of aliphatic imine (C=N–C) groups is 1. The van der Waals surface area contributed by atoms with Crippen LogP contribution in [-0.4, -0.2) is 33.9 Å². The first-order valence-electron chi connectivity index (χ1n) is 10.7. The number of hydrogen-bond acceptors (Lipinski definition) is 3. The van der Waals surface area contributed by atoms with Gasteiger partial charge in [0.05, 0.1) is 6.04 Å². The number of thioether (sulfide) groups is 1. The lowest BCUT2D eigenvalue weighted by Gasteiger charge is -2.35. The first kappa shape index (κ1) is 21.3. The van der Waals surface area contributed by atoms with Crippen molar-refractivity contribution < 1.29 is 4.79 Å². The quantitative estimate of drug-likeness (QED) is 0.574. The van der Waals surface area contributed by atoms with Crippen LogP contribution in [0.5, 0.6) is 0 Å². The van der Waals surface area contributed by atoms with Crippen LogP contribution in [-0.2, 0) is 11.3 Å². The van der Waals surface area contributed by atoms with Crippen molar-refractivity contribution in [1.82, 2.24) is 4.90 Å². The summed E-state index contributed by atoms with van der Waals surface area (Å²) in [4.78, 5) is 22.1. The van der Waals surface area contributed by atoms with Crippen LogP contribution in [0.15, 0.2) is 59.6 Å². The minimum atomic E-state index is -0.0729. The average molecular weight is 442 g/mol. The number of carbonyl (C=O) groups is 1. The van der Waals surface area contributed by atoms with E-state index in [2.05, 4.69) is 29.2 Å². The smallest absolute Gasteiger partial charge is 0.225 e. The zero-order valence-corrected chi connectivity index (χ0v) is 18.9. The highest BCUT2D eigenvalue weighted by Crippen LogP contribution is 2.33. The van der Waals surface area contributed by atoms with Gasteiger partial charge in [0, 0.05) is 29.9 Å². The fourth-order valence-corrected chi connectivity index (χ4v) is 5.59. The summed E-state index contributed by atoms with van der Waals surface area (Å²) in [6, 6.07) is 18.4. The van der Waals surface area contributed by atoms with E-state index in [0.717, 1.165) is 23.2 Å². The van der Waals surface area contributed by atoms with Crippen molar-refractivity contribution in [1.29, 1.82) is 0 Å². The van der Waals surface area contributed by atoms with E-state index in [0.29, 0.717) is 11.1 Å².